The smallest absolute Gasteiger partial charge is 0.187 e. The molecule has 7 fully saturated rings. The molecule has 0 aromatic carbocycles. The van der Waals surface area contributed by atoms with Crippen molar-refractivity contribution < 1.29 is 143 Å². The summed E-state index contributed by atoms with van der Waals surface area (Å²) in [6.07, 6.45) is -43.8. The molecule has 0 aromatic heterocycles. The first kappa shape index (κ1) is 50.7. The molecule has 7 heterocycles. The number of aliphatic hydroxyl groups excluding tert-OH is 16. The van der Waals surface area contributed by atoms with Crippen LogP contribution in [-0.2, 0) is 61.6 Å². The SMILES string of the molecule is OC[C@H]1O[C@@H](O[C@@H]2[C@@H](OC[C@H]3O[C@H](OC[C@H]4O[C@H](OC[C@H]5OC(O)[C@@H](O)[C@@H]5O)[C@@H](O)[C@@H]4O)[C@@H](O)[C@@H]3O[C@H]3O[C@H](CO)[C@@H](O)[C@@H]3O[C@@H]3O[C@H](CO)[C@@H](O)[C@@H]3O)O[C@H](CO)[C@H]2O)[C@@H](O)[C@@H]1O. The van der Waals surface area contributed by atoms with Crippen LogP contribution in [0.3, 0.4) is 0 Å². The molecule has 16 N–H and O–H groups in total. The molecule has 28 atom stereocenters. The average molecular weight is 943 g/mol. The monoisotopic (exact) mass is 942 g/mol. The van der Waals surface area contributed by atoms with Crippen LogP contribution in [0.15, 0.2) is 0 Å². The molecule has 0 aliphatic carbocycles. The highest BCUT2D eigenvalue weighted by molar-refractivity contribution is 4.97. The molecule has 0 bridgehead atoms. The van der Waals surface area contributed by atoms with Crippen molar-refractivity contribution in [3.63, 3.8) is 0 Å². The number of hydrogen-bond donors (Lipinski definition) is 16. The average Bonchev–Trinajstić information content (AvgIpc) is 4.11. The Morgan fingerprint density at radius 1 is 0.266 bits per heavy atom. The first-order chi connectivity index (χ1) is 30.5. The summed E-state index contributed by atoms with van der Waals surface area (Å²) in [5, 5.41) is 165. The molecule has 0 aromatic rings. The minimum Gasteiger partial charge on any atom is -0.394 e. The molecule has 0 spiro atoms. The van der Waals surface area contributed by atoms with Crippen LogP contribution in [0.1, 0.15) is 0 Å². The van der Waals surface area contributed by atoms with Gasteiger partial charge in [-0.1, -0.05) is 0 Å². The standard InChI is InChI=1S/C35H58O29/c36-1-8-15(40)23(48)32(56-8)63-27-19(44)10(3-38)58-34(27)54-7-14-26(62-35-28(20(45)11(4-39)59-35)64-33-24(49)16(41)9(2-37)57-33)25(50)31(61-14)53-6-13-18(43)22(47)30(60-13)52-5-12-17(42)21(46)29(51)55-12/h8-51H,1-7H2/t8-,9-,10-,11-,12-,13-,14-,15-,16-,17-,18-,19-,20-,21+,22+,23+,24+,25+,26-,27+,28+,29?,30+,31+,32+,33+,34+,35-/m1/s1. The molecular formula is C35H58O29. The largest absolute Gasteiger partial charge is 0.394 e. The van der Waals surface area contributed by atoms with E-state index in [0.717, 1.165) is 0 Å². The van der Waals surface area contributed by atoms with Gasteiger partial charge in [0.1, 0.15) is 128 Å². The Bertz CT molecular complexity index is 1460. The number of ether oxygens (including phenoxy) is 13. The van der Waals surface area contributed by atoms with Crippen LogP contribution in [-0.4, -0.2) is 300 Å². The van der Waals surface area contributed by atoms with E-state index < -0.39 is 218 Å². The van der Waals surface area contributed by atoms with E-state index in [2.05, 4.69) is 0 Å². The molecule has 7 rings (SSSR count). The Labute approximate surface area is 361 Å². The van der Waals surface area contributed by atoms with Crippen molar-refractivity contribution in [1.29, 1.82) is 0 Å². The van der Waals surface area contributed by atoms with Crippen molar-refractivity contribution in [2.24, 2.45) is 0 Å². The first-order valence-corrected chi connectivity index (χ1v) is 20.5. The Morgan fingerprint density at radius 3 is 1.08 bits per heavy atom. The van der Waals surface area contributed by atoms with E-state index in [1.54, 1.807) is 0 Å². The van der Waals surface area contributed by atoms with Crippen LogP contribution in [0.4, 0.5) is 0 Å². The lowest BCUT2D eigenvalue weighted by Crippen LogP contribution is -2.48. The number of rotatable bonds is 19. The van der Waals surface area contributed by atoms with Gasteiger partial charge in [0.25, 0.3) is 0 Å². The molecule has 29 heteroatoms. The molecule has 7 aliphatic rings. The second-order valence-electron chi connectivity index (χ2n) is 16.3. The van der Waals surface area contributed by atoms with Crippen molar-refractivity contribution in [2.45, 2.75) is 172 Å². The fraction of sp³-hybridized carbons (Fsp3) is 1.00. The molecule has 0 saturated carbocycles. The van der Waals surface area contributed by atoms with Gasteiger partial charge in [0.05, 0.1) is 46.2 Å². The summed E-state index contributed by atoms with van der Waals surface area (Å²) < 4.78 is 73.2. The first-order valence-electron chi connectivity index (χ1n) is 20.5. The van der Waals surface area contributed by atoms with Crippen LogP contribution < -0.4 is 0 Å². The van der Waals surface area contributed by atoms with E-state index in [0.29, 0.717) is 0 Å². The normalized spacial score (nSPS) is 53.1. The summed E-state index contributed by atoms with van der Waals surface area (Å²) >= 11 is 0. The topological polar surface area (TPSA) is 444 Å². The van der Waals surface area contributed by atoms with Crippen LogP contribution in [0.5, 0.6) is 0 Å². The van der Waals surface area contributed by atoms with E-state index in [-0.39, 0.29) is 0 Å². The van der Waals surface area contributed by atoms with Crippen LogP contribution in [0.25, 0.3) is 0 Å². The van der Waals surface area contributed by atoms with Gasteiger partial charge in [-0.2, -0.15) is 0 Å². The van der Waals surface area contributed by atoms with Gasteiger partial charge < -0.3 is 143 Å². The van der Waals surface area contributed by atoms with Crippen molar-refractivity contribution >= 4 is 0 Å². The fourth-order valence-electron chi connectivity index (χ4n) is 8.23. The second kappa shape index (κ2) is 21.6. The third kappa shape index (κ3) is 10.2. The van der Waals surface area contributed by atoms with E-state index in [1.807, 2.05) is 0 Å². The molecule has 0 radical (unpaired) electrons. The zero-order chi connectivity index (χ0) is 46.3. The van der Waals surface area contributed by atoms with Gasteiger partial charge in [-0.25, -0.2) is 0 Å². The van der Waals surface area contributed by atoms with Crippen LogP contribution in [0, 0.1) is 0 Å². The molecular weight excluding hydrogens is 884 g/mol. The van der Waals surface area contributed by atoms with E-state index in [4.69, 9.17) is 61.6 Å². The molecule has 0 amide bonds. The zero-order valence-electron chi connectivity index (χ0n) is 33.6. The predicted octanol–water partition coefficient (Wildman–Crippen LogP) is -11.8. The second-order valence-corrected chi connectivity index (χ2v) is 16.3. The summed E-state index contributed by atoms with van der Waals surface area (Å²) in [4.78, 5) is 0. The van der Waals surface area contributed by atoms with Crippen molar-refractivity contribution in [3.8, 4) is 0 Å². The summed E-state index contributed by atoms with van der Waals surface area (Å²) in [6, 6.07) is 0. The maximum absolute atomic E-state index is 11.6. The summed E-state index contributed by atoms with van der Waals surface area (Å²) in [5.74, 6) is 0. The highest BCUT2D eigenvalue weighted by atomic mass is 16.8. The van der Waals surface area contributed by atoms with Crippen molar-refractivity contribution in [3.05, 3.63) is 0 Å². The Hall–Kier alpha value is -1.16. The van der Waals surface area contributed by atoms with Gasteiger partial charge in [-0.3, -0.25) is 0 Å². The van der Waals surface area contributed by atoms with Crippen LogP contribution in [0.2, 0.25) is 0 Å². The highest BCUT2D eigenvalue weighted by Crippen LogP contribution is 2.37. The maximum atomic E-state index is 11.6. The van der Waals surface area contributed by atoms with Crippen molar-refractivity contribution in [2.75, 3.05) is 46.2 Å². The van der Waals surface area contributed by atoms with Crippen LogP contribution >= 0.6 is 0 Å². The van der Waals surface area contributed by atoms with E-state index in [1.165, 1.54) is 0 Å². The summed E-state index contributed by atoms with van der Waals surface area (Å²) in [6.45, 7) is -4.71. The molecule has 1 unspecified atom stereocenters. The van der Waals surface area contributed by atoms with E-state index in [9.17, 15) is 81.7 Å². The Kier molecular flexibility index (Phi) is 17.1. The minimum absolute atomic E-state index is 0.497. The van der Waals surface area contributed by atoms with Gasteiger partial charge in [0.2, 0.25) is 0 Å². The van der Waals surface area contributed by atoms with Gasteiger partial charge in [-0.15, -0.1) is 0 Å². The van der Waals surface area contributed by atoms with Gasteiger partial charge in [-0.05, 0) is 0 Å². The zero-order valence-corrected chi connectivity index (χ0v) is 33.6. The van der Waals surface area contributed by atoms with E-state index >= 15 is 0 Å². The van der Waals surface area contributed by atoms with Gasteiger partial charge in [0.15, 0.2) is 44.0 Å². The molecule has 29 nitrogen and oxygen atoms in total. The third-order valence-corrected chi connectivity index (χ3v) is 12.0. The fourth-order valence-corrected chi connectivity index (χ4v) is 8.23. The van der Waals surface area contributed by atoms with Gasteiger partial charge >= 0.3 is 0 Å². The molecule has 7 aliphatic heterocycles. The minimum atomic E-state index is -1.84. The lowest BCUT2D eigenvalue weighted by molar-refractivity contribution is -0.270. The third-order valence-electron chi connectivity index (χ3n) is 12.0. The lowest BCUT2D eigenvalue weighted by Gasteiger charge is -2.30. The number of aliphatic hydroxyl groups is 16. The van der Waals surface area contributed by atoms with Crippen molar-refractivity contribution in [1.82, 2.24) is 0 Å². The Morgan fingerprint density at radius 2 is 0.594 bits per heavy atom. The molecule has 7 saturated heterocycles. The van der Waals surface area contributed by atoms with Gasteiger partial charge in [0, 0.05) is 0 Å². The summed E-state index contributed by atoms with van der Waals surface area (Å²) in [7, 11) is 0. The summed E-state index contributed by atoms with van der Waals surface area (Å²) in [5.41, 5.74) is 0. The molecule has 372 valence electrons. The predicted molar refractivity (Wildman–Crippen MR) is 190 cm³/mol. The lowest BCUT2D eigenvalue weighted by atomic mass is 10.1. The molecule has 64 heavy (non-hydrogen) atoms. The maximum Gasteiger partial charge on any atom is 0.187 e. The number of hydrogen-bond acceptors (Lipinski definition) is 29. The quantitative estimate of drug-likeness (QED) is 0.0572. The Balaban J connectivity index is 1.05. The highest BCUT2D eigenvalue weighted by Gasteiger charge is 2.57.